The van der Waals surface area contributed by atoms with Crippen LogP contribution < -0.4 is 4.74 Å². The SMILES string of the molecule is CCCCCCN1C(=O)/C(=C/c2cn(-c3ccccc3)nc2-c2ccc(OCCCC)c(Cl)c2)SC1=S. The maximum absolute atomic E-state index is 13.2. The van der Waals surface area contributed by atoms with Crippen molar-refractivity contribution in [3.05, 3.63) is 70.2 Å². The minimum atomic E-state index is -0.0392. The maximum Gasteiger partial charge on any atom is 0.266 e. The molecule has 37 heavy (non-hydrogen) atoms. The predicted octanol–water partition coefficient (Wildman–Crippen LogP) is 8.15. The Morgan fingerprint density at radius 3 is 2.57 bits per heavy atom. The van der Waals surface area contributed by atoms with Crippen molar-refractivity contribution in [1.29, 1.82) is 0 Å². The molecule has 1 aliphatic heterocycles. The first-order chi connectivity index (χ1) is 18.0. The number of para-hydroxylation sites is 1. The molecule has 1 saturated heterocycles. The maximum atomic E-state index is 13.2. The average molecular weight is 554 g/mol. The number of ether oxygens (including phenoxy) is 1. The molecule has 0 N–H and O–H groups in total. The molecule has 0 unspecified atom stereocenters. The highest BCUT2D eigenvalue weighted by Crippen LogP contribution is 2.36. The Kier molecular flexibility index (Phi) is 9.83. The summed E-state index contributed by atoms with van der Waals surface area (Å²) in [5.74, 6) is 0.620. The van der Waals surface area contributed by atoms with E-state index in [1.807, 2.05) is 65.5 Å². The lowest BCUT2D eigenvalue weighted by atomic mass is 10.1. The number of carbonyl (C=O) groups is 1. The van der Waals surface area contributed by atoms with Crippen molar-refractivity contribution in [1.82, 2.24) is 14.7 Å². The summed E-state index contributed by atoms with van der Waals surface area (Å²) >= 11 is 13.5. The van der Waals surface area contributed by atoms with Crippen LogP contribution >= 0.6 is 35.6 Å². The molecule has 0 radical (unpaired) electrons. The highest BCUT2D eigenvalue weighted by Gasteiger charge is 2.32. The van der Waals surface area contributed by atoms with Gasteiger partial charge in [0.2, 0.25) is 0 Å². The number of halogens is 1. The second kappa shape index (κ2) is 13.3. The Labute approximate surface area is 233 Å². The monoisotopic (exact) mass is 553 g/mol. The summed E-state index contributed by atoms with van der Waals surface area (Å²) in [7, 11) is 0. The van der Waals surface area contributed by atoms with Gasteiger partial charge in [-0.25, -0.2) is 4.68 Å². The normalized spacial score (nSPS) is 14.7. The number of thiocarbonyl (C=S) groups is 1. The Morgan fingerprint density at radius 1 is 1.05 bits per heavy atom. The largest absolute Gasteiger partial charge is 0.492 e. The van der Waals surface area contributed by atoms with E-state index in [1.54, 1.807) is 4.90 Å². The highest BCUT2D eigenvalue weighted by atomic mass is 35.5. The molecule has 194 valence electrons. The van der Waals surface area contributed by atoms with Crippen LogP contribution in [0, 0.1) is 0 Å². The van der Waals surface area contributed by atoms with Gasteiger partial charge in [0.25, 0.3) is 5.91 Å². The van der Waals surface area contributed by atoms with Gasteiger partial charge < -0.3 is 4.74 Å². The van der Waals surface area contributed by atoms with Crippen LogP contribution in [-0.4, -0.2) is 38.1 Å². The molecule has 8 heteroatoms. The second-order valence-corrected chi connectivity index (χ2v) is 11.0. The van der Waals surface area contributed by atoms with E-state index >= 15 is 0 Å². The topological polar surface area (TPSA) is 47.4 Å². The third-order valence-corrected chi connectivity index (χ3v) is 7.79. The van der Waals surface area contributed by atoms with Crippen LogP contribution in [0.15, 0.2) is 59.6 Å². The number of amides is 1. The predicted molar refractivity (Wildman–Crippen MR) is 158 cm³/mol. The molecule has 5 nitrogen and oxygen atoms in total. The van der Waals surface area contributed by atoms with Gasteiger partial charge in [-0.1, -0.05) is 93.3 Å². The second-order valence-electron chi connectivity index (χ2n) is 8.95. The molecule has 4 rings (SSSR count). The zero-order valence-corrected chi connectivity index (χ0v) is 23.7. The molecule has 3 aromatic rings. The van der Waals surface area contributed by atoms with E-state index in [1.165, 1.54) is 11.8 Å². The van der Waals surface area contributed by atoms with Gasteiger partial charge in [-0.3, -0.25) is 9.69 Å². The van der Waals surface area contributed by atoms with E-state index in [9.17, 15) is 4.79 Å². The molecule has 1 aliphatic rings. The number of unbranched alkanes of at least 4 members (excludes halogenated alkanes) is 4. The van der Waals surface area contributed by atoms with Crippen molar-refractivity contribution in [3.8, 4) is 22.7 Å². The Balaban J connectivity index is 1.66. The van der Waals surface area contributed by atoms with Crippen molar-refractivity contribution < 1.29 is 9.53 Å². The van der Waals surface area contributed by atoms with Crippen molar-refractivity contribution in [3.63, 3.8) is 0 Å². The summed E-state index contributed by atoms with van der Waals surface area (Å²) in [6.07, 6.45) is 10.2. The lowest BCUT2D eigenvalue weighted by Gasteiger charge is -2.13. The molecule has 1 fully saturated rings. The molecule has 0 aliphatic carbocycles. The van der Waals surface area contributed by atoms with Gasteiger partial charge in [0.05, 0.1) is 22.2 Å². The number of hydrogen-bond donors (Lipinski definition) is 0. The average Bonchev–Trinajstić information content (AvgIpc) is 3.44. The smallest absolute Gasteiger partial charge is 0.266 e. The molecule has 0 spiro atoms. The third-order valence-electron chi connectivity index (χ3n) is 6.12. The van der Waals surface area contributed by atoms with E-state index < -0.39 is 0 Å². The Morgan fingerprint density at radius 2 is 1.84 bits per heavy atom. The fraction of sp³-hybridized carbons (Fsp3) is 0.345. The number of hydrogen-bond acceptors (Lipinski definition) is 5. The van der Waals surface area contributed by atoms with Gasteiger partial charge in [0.1, 0.15) is 15.8 Å². The van der Waals surface area contributed by atoms with E-state index in [0.717, 1.165) is 61.0 Å². The summed E-state index contributed by atoms with van der Waals surface area (Å²) in [6, 6.07) is 15.6. The van der Waals surface area contributed by atoms with Gasteiger partial charge in [-0.2, -0.15) is 5.10 Å². The van der Waals surface area contributed by atoms with Crippen LogP contribution in [0.25, 0.3) is 23.0 Å². The number of carbonyl (C=O) groups excluding carboxylic acids is 1. The first-order valence-electron chi connectivity index (χ1n) is 12.8. The number of nitrogens with zero attached hydrogens (tertiary/aromatic N) is 3. The third kappa shape index (κ3) is 6.83. The zero-order chi connectivity index (χ0) is 26.2. The highest BCUT2D eigenvalue weighted by molar-refractivity contribution is 8.26. The molecule has 1 amide bonds. The fourth-order valence-corrected chi connectivity index (χ4v) is 5.59. The van der Waals surface area contributed by atoms with E-state index in [2.05, 4.69) is 13.8 Å². The Bertz CT molecular complexity index is 1270. The van der Waals surface area contributed by atoms with E-state index in [4.69, 9.17) is 33.7 Å². The van der Waals surface area contributed by atoms with E-state index in [-0.39, 0.29) is 5.91 Å². The first-order valence-corrected chi connectivity index (χ1v) is 14.4. The summed E-state index contributed by atoms with van der Waals surface area (Å²) in [5.41, 5.74) is 3.34. The summed E-state index contributed by atoms with van der Waals surface area (Å²) in [5, 5.41) is 5.41. The van der Waals surface area contributed by atoms with E-state index in [0.29, 0.717) is 33.1 Å². The zero-order valence-electron chi connectivity index (χ0n) is 21.3. The number of benzene rings is 2. The minimum Gasteiger partial charge on any atom is -0.492 e. The van der Waals surface area contributed by atoms with Crippen molar-refractivity contribution >= 4 is 51.9 Å². The van der Waals surface area contributed by atoms with Crippen LogP contribution in [0.2, 0.25) is 5.02 Å². The lowest BCUT2D eigenvalue weighted by molar-refractivity contribution is -0.122. The van der Waals surface area contributed by atoms with Gasteiger partial charge >= 0.3 is 0 Å². The minimum absolute atomic E-state index is 0.0392. The first kappa shape index (κ1) is 27.4. The Hall–Kier alpha value is -2.61. The number of aromatic nitrogens is 2. The quantitative estimate of drug-likeness (QED) is 0.129. The van der Waals surface area contributed by atoms with Crippen LogP contribution in [0.5, 0.6) is 5.75 Å². The van der Waals surface area contributed by atoms with Gasteiger partial charge in [0.15, 0.2) is 0 Å². The van der Waals surface area contributed by atoms with Crippen LogP contribution in [0.3, 0.4) is 0 Å². The molecule has 2 aromatic carbocycles. The summed E-state index contributed by atoms with van der Waals surface area (Å²) in [4.78, 5) is 15.6. The molecular weight excluding hydrogens is 522 g/mol. The molecule has 0 atom stereocenters. The molecule has 0 bridgehead atoms. The van der Waals surface area contributed by atoms with Gasteiger partial charge in [-0.05, 0) is 49.2 Å². The standard InChI is InChI=1S/C29H32ClN3O2S2/c1-3-5-7-11-16-32-28(34)26(37-29(32)36)19-22-20-33(23-12-9-8-10-13-23)31-27(22)21-14-15-25(24(30)18-21)35-17-6-4-2/h8-10,12-15,18-20H,3-7,11,16-17H2,1-2H3/b26-19-. The number of rotatable bonds is 12. The fourth-order valence-electron chi connectivity index (χ4n) is 4.05. The van der Waals surface area contributed by atoms with Crippen molar-refractivity contribution in [2.24, 2.45) is 0 Å². The van der Waals surface area contributed by atoms with Gasteiger partial charge in [-0.15, -0.1) is 0 Å². The summed E-state index contributed by atoms with van der Waals surface area (Å²) < 4.78 is 8.27. The van der Waals surface area contributed by atoms with Gasteiger partial charge in [0, 0.05) is 23.9 Å². The summed E-state index contributed by atoms with van der Waals surface area (Å²) in [6.45, 7) is 5.59. The van der Waals surface area contributed by atoms with Crippen molar-refractivity contribution in [2.45, 2.75) is 52.4 Å². The van der Waals surface area contributed by atoms with Crippen molar-refractivity contribution in [2.75, 3.05) is 13.2 Å². The van der Waals surface area contributed by atoms with Crippen LogP contribution in [-0.2, 0) is 4.79 Å². The van der Waals surface area contributed by atoms with Crippen LogP contribution in [0.1, 0.15) is 57.9 Å². The molecule has 2 heterocycles. The lowest BCUT2D eigenvalue weighted by Crippen LogP contribution is -2.29. The molecule has 1 aromatic heterocycles. The number of thioether (sulfide) groups is 1. The molecular formula is C29H32ClN3O2S2. The molecule has 0 saturated carbocycles. The van der Waals surface area contributed by atoms with Crippen LogP contribution in [0.4, 0.5) is 0 Å².